The van der Waals surface area contributed by atoms with Crippen molar-refractivity contribution in [2.45, 2.75) is 208 Å². The van der Waals surface area contributed by atoms with E-state index in [1.54, 1.807) is 20.8 Å². The summed E-state index contributed by atoms with van der Waals surface area (Å²) in [6.07, 6.45) is 9.65. The van der Waals surface area contributed by atoms with Gasteiger partial charge >= 0.3 is 0 Å². The molecule has 0 saturated heterocycles. The van der Waals surface area contributed by atoms with Crippen LogP contribution in [-0.2, 0) is 167 Å². The minimum Gasteiger partial charge on any atom is -0.396 e. The zero-order chi connectivity index (χ0) is 106. The van der Waals surface area contributed by atoms with E-state index in [1.807, 2.05) is 0 Å². The lowest BCUT2D eigenvalue weighted by Crippen LogP contribution is -2.45. The second-order valence-electron chi connectivity index (χ2n) is 30.9. The van der Waals surface area contributed by atoms with Gasteiger partial charge in [0.2, 0.25) is 70.9 Å². The predicted octanol–water partition coefficient (Wildman–Crippen LogP) is -2.86. The molecule has 49 nitrogen and oxygen atoms in total. The molecule has 16 N–H and O–H groups in total. The van der Waals surface area contributed by atoms with Gasteiger partial charge in [0.15, 0.2) is 34.7 Å². The van der Waals surface area contributed by atoms with Crippen molar-refractivity contribution in [2.24, 2.45) is 11.5 Å². The van der Waals surface area contributed by atoms with Crippen LogP contribution in [0.3, 0.4) is 0 Å². The quantitative estimate of drug-likeness (QED) is 0.0272. The topological polar surface area (TPSA) is 685 Å². The van der Waals surface area contributed by atoms with E-state index >= 15 is 0 Å². The molecule has 0 bridgehead atoms. The van der Waals surface area contributed by atoms with Crippen molar-refractivity contribution < 1.29 is 177 Å². The van der Waals surface area contributed by atoms with Crippen molar-refractivity contribution in [1.29, 1.82) is 0 Å². The van der Waals surface area contributed by atoms with Crippen LogP contribution in [0.1, 0.15) is 190 Å². The fourth-order valence-electron chi connectivity index (χ4n) is 10.7. The molecule has 0 spiro atoms. The molecule has 12 amide bonds. The number of rotatable bonds is 97. The molecule has 0 fully saturated rings. The molecule has 0 aromatic rings. The lowest BCUT2D eigenvalue weighted by Gasteiger charge is -2.16. The number of ether oxygens (including phenoxy) is 16. The number of nitrogens with two attached hydrogens (primary N) is 2. The Morgan fingerprint density at radius 1 is 0.220 bits per heavy atom. The minimum absolute atomic E-state index is 0.00304. The highest BCUT2D eigenvalue weighted by atomic mass is 16.6. The molecule has 0 radical (unpaired) electrons. The van der Waals surface area contributed by atoms with Gasteiger partial charge in [0.1, 0.15) is 77.3 Å². The summed E-state index contributed by atoms with van der Waals surface area (Å²) in [5.41, 5.74) is 10.8. The van der Waals surface area contributed by atoms with Crippen LogP contribution in [0, 0.1) is 0 Å². The first-order chi connectivity index (χ1) is 67.8. The Bertz CT molecular complexity index is 3240. The van der Waals surface area contributed by atoms with Gasteiger partial charge in [-0.1, -0.05) is 59.3 Å². The van der Waals surface area contributed by atoms with E-state index in [9.17, 15) is 91.1 Å². The van der Waals surface area contributed by atoms with Crippen LogP contribution in [0.15, 0.2) is 0 Å². The normalized spacial score (nSPS) is 11.4. The predicted molar refractivity (Wildman–Crippen MR) is 509 cm³/mol. The molecule has 141 heavy (non-hydrogen) atoms. The van der Waals surface area contributed by atoms with E-state index in [-0.39, 0.29) is 252 Å². The number of hydrogen-bond acceptors (Lipinski definition) is 37. The number of aliphatic hydroxyl groups excluding tert-OH is 2. The first kappa shape index (κ1) is 138. The van der Waals surface area contributed by atoms with Gasteiger partial charge in [0.25, 0.3) is 0 Å². The second-order valence-corrected chi connectivity index (χ2v) is 30.9. The number of unbranched alkanes of at least 4 members (excludes halogenated alkanes) is 6. The van der Waals surface area contributed by atoms with E-state index in [0.717, 1.165) is 6.42 Å². The van der Waals surface area contributed by atoms with Crippen molar-refractivity contribution in [2.75, 3.05) is 270 Å². The maximum absolute atomic E-state index is 12.2. The molecule has 0 rings (SSSR count). The highest BCUT2D eigenvalue weighted by molar-refractivity contribution is 5.89. The Balaban J connectivity index is -0.000000947. The molecule has 0 aliphatic heterocycles. The van der Waals surface area contributed by atoms with Gasteiger partial charge < -0.3 is 151 Å². The highest BCUT2D eigenvalue weighted by Crippen LogP contribution is 2.12. The van der Waals surface area contributed by atoms with E-state index < -0.39 is 41.8 Å². The fourth-order valence-corrected chi connectivity index (χ4v) is 10.7. The summed E-state index contributed by atoms with van der Waals surface area (Å²) in [6, 6.07) is -2.31. The number of hydrogen-bond donors (Lipinski definition) is 14. The number of amides is 12. The molecular weight excluding hydrogens is 1870 g/mol. The number of primary amides is 2. The number of ketones is 7. The van der Waals surface area contributed by atoms with Gasteiger partial charge in [-0.25, -0.2) is 0 Å². The molecule has 0 aliphatic carbocycles. The average Bonchev–Trinajstić information content (AvgIpc) is 0.943. The van der Waals surface area contributed by atoms with E-state index in [2.05, 4.69) is 53.2 Å². The molecule has 0 aromatic heterocycles. The average molecular weight is 2030 g/mol. The van der Waals surface area contributed by atoms with E-state index in [4.69, 9.17) is 97.5 Å². The van der Waals surface area contributed by atoms with Gasteiger partial charge in [-0.15, -0.1) is 0 Å². The smallest absolute Gasteiger partial charge is 0.246 e. The van der Waals surface area contributed by atoms with Gasteiger partial charge in [-0.2, -0.15) is 0 Å². The van der Waals surface area contributed by atoms with Gasteiger partial charge in [-0.05, 0) is 45.4 Å². The summed E-state index contributed by atoms with van der Waals surface area (Å²) in [5, 5.41) is 43.1. The SMILES string of the molecule is CC(=O)NCCOCCOCC(=O)NC(CCCCCC(=O)CCOCC(=O)CCCCCC(NC(=O)COCCOCCNC(C)=O)C(N)=O)C(N)=O.CC(=O)NCCOCCOCC(=O)NC(CCCCCC(=O)COCCOCCNC(=O)CCO)C(C)=O.CCC(=O)COCCOCCNC(=O)CCO.CCC(=O)COCCOCCNC(=O)CCOCC(=O)NCCOCCOCC(=O)CC. The van der Waals surface area contributed by atoms with Gasteiger partial charge in [-0.3, -0.25) is 91.1 Å². The van der Waals surface area contributed by atoms with Gasteiger partial charge in [0, 0.05) is 131 Å². The van der Waals surface area contributed by atoms with Crippen LogP contribution >= 0.6 is 0 Å². The van der Waals surface area contributed by atoms with Crippen molar-refractivity contribution in [3.05, 3.63) is 0 Å². The number of carbonyl (C=O) groups is 19. The van der Waals surface area contributed by atoms with Crippen molar-refractivity contribution in [1.82, 2.24) is 53.2 Å². The van der Waals surface area contributed by atoms with E-state index in [1.165, 1.54) is 27.7 Å². The Kier molecular flexibility index (Phi) is 101. The van der Waals surface area contributed by atoms with Crippen LogP contribution in [-0.4, -0.2) is 410 Å². The Morgan fingerprint density at radius 3 is 0.730 bits per heavy atom. The molecule has 0 aromatic carbocycles. The molecule has 49 heteroatoms. The molecule has 3 unspecified atom stereocenters. The van der Waals surface area contributed by atoms with Crippen molar-refractivity contribution in [3.8, 4) is 0 Å². The maximum atomic E-state index is 12.2. The summed E-state index contributed by atoms with van der Waals surface area (Å²) < 4.78 is 83.6. The van der Waals surface area contributed by atoms with Gasteiger partial charge in [0.05, 0.1) is 171 Å². The number of aliphatic hydroxyl groups is 2. The zero-order valence-corrected chi connectivity index (χ0v) is 84.1. The van der Waals surface area contributed by atoms with Crippen LogP contribution < -0.4 is 64.6 Å². The highest BCUT2D eigenvalue weighted by Gasteiger charge is 2.22. The third-order valence-corrected chi connectivity index (χ3v) is 18.4. The minimum atomic E-state index is -0.857. The molecule has 0 saturated carbocycles. The lowest BCUT2D eigenvalue weighted by molar-refractivity contribution is -0.131. The van der Waals surface area contributed by atoms with E-state index in [0.29, 0.717) is 241 Å². The monoisotopic (exact) mass is 2030 g/mol. The third kappa shape index (κ3) is 108. The molecule has 0 heterocycles. The number of nitrogens with one attached hydrogen (secondary N) is 10. The van der Waals surface area contributed by atoms with Crippen LogP contribution in [0.4, 0.5) is 0 Å². The first-order valence-corrected chi connectivity index (χ1v) is 48.1. The maximum Gasteiger partial charge on any atom is 0.246 e. The number of carbonyl (C=O) groups excluding carboxylic acids is 19. The fraction of sp³-hybridized carbons (Fsp3) is 0.793. The molecule has 3 atom stereocenters. The summed E-state index contributed by atoms with van der Waals surface area (Å²) in [6.45, 7) is 19.3. The Hall–Kier alpha value is -9.39. The van der Waals surface area contributed by atoms with Crippen molar-refractivity contribution in [3.63, 3.8) is 0 Å². The lowest BCUT2D eigenvalue weighted by atomic mass is 10.0. The second kappa shape index (κ2) is 103. The largest absolute Gasteiger partial charge is 0.396 e. The van der Waals surface area contributed by atoms with Crippen LogP contribution in [0.2, 0.25) is 0 Å². The van der Waals surface area contributed by atoms with Crippen LogP contribution in [0.25, 0.3) is 0 Å². The summed E-state index contributed by atoms with van der Waals surface area (Å²) in [5.74, 6) is -4.15. The number of Topliss-reactive ketones (excluding diaryl/α,β-unsaturated/α-hetero) is 7. The Labute approximate surface area is 828 Å². The van der Waals surface area contributed by atoms with Crippen LogP contribution in [0.5, 0.6) is 0 Å². The van der Waals surface area contributed by atoms with Crippen molar-refractivity contribution >= 4 is 111 Å². The summed E-state index contributed by atoms with van der Waals surface area (Å²) in [4.78, 5) is 218. The standard InChI is InChI=1S/C35H62N6O13.C25H45N3O10.C21H38N2O9.C11H21NO5/c1-26(42)38-14-17-50-19-21-53-24-32(46)40-30(34(36)48)11-7-3-5-9-28(44)13-16-52-23-29(45)10-6-4-8-12-31(35(37)49)41-33(47)25-54-22-20-51-18-15-39-27(2)43;1-20(30)23(28-25(34)19-38-17-15-35-12-9-26-21(2)31)7-5-3-4-6-22(32)18-37-16-14-36-13-10-27-24(33)8-11-29;1-3-18(24)15-31-13-11-28-9-6-22-20(26)5-8-30-17-21(27)23-7-10-29-12-14-32-16-19(25)4-2;1-2-10(14)9-17-8-7-16-6-4-12-11(15)3-5-13/h30-31H,3-25H2,1-2H3,(H2,36,48)(H2,37,49)(H,38,42)(H,39,43)(H,40,46)(H,41,47);23,29H,3-19H2,1-2H3,(H,26,31)(H,27,33)(H,28,34);3-17H2,1-2H3,(H,22,26)(H,23,27);13H,2-9H2,1H3,(H,12,15). The summed E-state index contributed by atoms with van der Waals surface area (Å²) >= 11 is 0. The Morgan fingerprint density at radius 2 is 0.447 bits per heavy atom. The molecule has 0 aliphatic rings. The summed E-state index contributed by atoms with van der Waals surface area (Å²) in [7, 11) is 0. The zero-order valence-electron chi connectivity index (χ0n) is 84.1. The molecular formula is C92H166N12O37. The molecule has 816 valence electrons. The third-order valence-electron chi connectivity index (χ3n) is 18.4. The first-order valence-electron chi connectivity index (χ1n) is 48.1.